The van der Waals surface area contributed by atoms with Crippen molar-refractivity contribution in [1.82, 2.24) is 0 Å². The van der Waals surface area contributed by atoms with E-state index < -0.39 is 0 Å². The molecule has 0 saturated carbocycles. The Balaban J connectivity index is 1.15. The normalized spacial score (nSPS) is 18.2. The molecule has 0 heterocycles. The van der Waals surface area contributed by atoms with Gasteiger partial charge in [-0.2, -0.15) is 0 Å². The largest absolute Gasteiger partial charge is 0.396 e. The van der Waals surface area contributed by atoms with Crippen LogP contribution in [-0.4, -0.2) is 23.4 Å². The van der Waals surface area contributed by atoms with Crippen LogP contribution in [0.3, 0.4) is 0 Å². The van der Waals surface area contributed by atoms with Crippen molar-refractivity contribution in [2.75, 3.05) is 13.2 Å². The molecule has 0 radical (unpaired) electrons. The second kappa shape index (κ2) is 12.4. The summed E-state index contributed by atoms with van der Waals surface area (Å²) in [5, 5.41) is 27.4. The summed E-state index contributed by atoms with van der Waals surface area (Å²) in [6.45, 7) is 9.04. The van der Waals surface area contributed by atoms with Crippen LogP contribution in [0.25, 0.3) is 76.8 Å². The van der Waals surface area contributed by atoms with Gasteiger partial charge in [0.25, 0.3) is 0 Å². The topological polar surface area (TPSA) is 40.5 Å². The molecule has 2 N–H and O–H groups in total. The number of fused-ring (bicyclic) bond motifs is 6. The third-order valence-electron chi connectivity index (χ3n) is 12.8. The molecule has 2 nitrogen and oxygen atoms in total. The van der Waals surface area contributed by atoms with Crippen molar-refractivity contribution in [2.24, 2.45) is 0 Å². The van der Waals surface area contributed by atoms with Crippen LogP contribution in [0.2, 0.25) is 0 Å². The van der Waals surface area contributed by atoms with E-state index in [2.05, 4.69) is 159 Å². The quantitative estimate of drug-likeness (QED) is 0.110. The Morgan fingerprint density at radius 3 is 1.24 bits per heavy atom. The Morgan fingerprint density at radius 1 is 0.426 bits per heavy atom. The second-order valence-electron chi connectivity index (χ2n) is 15.3. The maximum absolute atomic E-state index is 9.91. The van der Waals surface area contributed by atoms with Crippen LogP contribution >= 0.6 is 0 Å². The Kier molecular flexibility index (Phi) is 7.53. The van der Waals surface area contributed by atoms with Crippen molar-refractivity contribution >= 4 is 32.3 Å². The van der Waals surface area contributed by atoms with Gasteiger partial charge in [0.1, 0.15) is 0 Å². The molecular formula is C52H42O2. The molecule has 8 aromatic rings. The molecule has 2 aliphatic carbocycles. The lowest BCUT2D eigenvalue weighted by molar-refractivity contribution is 0.276. The molecule has 10 rings (SSSR count). The van der Waals surface area contributed by atoms with Gasteiger partial charge in [-0.05, 0) is 137 Å². The Hall–Kier alpha value is -5.80. The number of aliphatic hydroxyl groups is 2. The van der Waals surface area contributed by atoms with E-state index in [-0.39, 0.29) is 24.0 Å². The number of benzene rings is 8. The van der Waals surface area contributed by atoms with Gasteiger partial charge in [-0.15, -0.1) is 13.2 Å². The first-order valence-electron chi connectivity index (χ1n) is 19.3. The van der Waals surface area contributed by atoms with Crippen molar-refractivity contribution in [3.05, 3.63) is 181 Å². The molecular weight excluding hydrogens is 657 g/mol. The summed E-state index contributed by atoms with van der Waals surface area (Å²) in [6, 6.07) is 49.6. The lowest BCUT2D eigenvalue weighted by atomic mass is 9.74. The summed E-state index contributed by atoms with van der Waals surface area (Å²) >= 11 is 0. The summed E-state index contributed by atoms with van der Waals surface area (Å²) in [7, 11) is 0. The van der Waals surface area contributed by atoms with Crippen LogP contribution < -0.4 is 0 Å². The van der Waals surface area contributed by atoms with E-state index in [1.165, 1.54) is 99.1 Å². The van der Waals surface area contributed by atoms with E-state index in [1.54, 1.807) is 0 Å². The smallest absolute Gasteiger partial charge is 0.0431 e. The number of aliphatic hydroxyl groups excluding tert-OH is 2. The Morgan fingerprint density at radius 2 is 0.815 bits per heavy atom. The summed E-state index contributed by atoms with van der Waals surface area (Å²) in [6.07, 6.45) is 7.24. The third kappa shape index (κ3) is 4.42. The zero-order valence-electron chi connectivity index (χ0n) is 30.4. The minimum Gasteiger partial charge on any atom is -0.396 e. The average molecular weight is 699 g/mol. The molecule has 0 aromatic heterocycles. The van der Waals surface area contributed by atoms with Gasteiger partial charge < -0.3 is 10.2 Å². The molecule has 2 heteroatoms. The maximum Gasteiger partial charge on any atom is 0.0431 e. The highest BCUT2D eigenvalue weighted by molar-refractivity contribution is 6.27. The predicted molar refractivity (Wildman–Crippen MR) is 226 cm³/mol. The highest BCUT2D eigenvalue weighted by Gasteiger charge is 2.42. The van der Waals surface area contributed by atoms with Crippen LogP contribution in [0.15, 0.2) is 159 Å². The number of allylic oxidation sites excluding steroid dienone is 2. The van der Waals surface area contributed by atoms with Gasteiger partial charge in [0.2, 0.25) is 0 Å². The third-order valence-corrected chi connectivity index (χ3v) is 12.8. The van der Waals surface area contributed by atoms with Gasteiger partial charge in [-0.25, -0.2) is 0 Å². The van der Waals surface area contributed by atoms with Gasteiger partial charge in [-0.1, -0.05) is 133 Å². The van der Waals surface area contributed by atoms with Gasteiger partial charge >= 0.3 is 0 Å². The second-order valence-corrected chi connectivity index (χ2v) is 15.3. The SMILES string of the molecule is C=CC1(CCCO)c2ccccc2-c2ccc(-c3ccc4ccc5ccc(-c6ccc7c(c6)C(C=C)(CCCO)c6ccccc6-7)c6ccc3c4c56)cc21. The minimum atomic E-state index is -0.345. The molecule has 2 unspecified atom stereocenters. The average Bonchev–Trinajstić information content (AvgIpc) is 3.67. The maximum atomic E-state index is 9.91. The summed E-state index contributed by atoms with van der Waals surface area (Å²) in [5.74, 6) is 0. The zero-order chi connectivity index (χ0) is 36.6. The van der Waals surface area contributed by atoms with E-state index in [4.69, 9.17) is 0 Å². The molecule has 0 spiro atoms. The molecule has 54 heavy (non-hydrogen) atoms. The minimum absolute atomic E-state index is 0.155. The standard InChI is InChI=1S/C52H42O2/c1-3-51(27-9-29-53)45-13-7-5-11-39(45)41-23-19-35(31-47(41)51)37-21-17-33-15-16-34-18-22-38(44-26-25-43(37)49(33)50(34)44)36-20-24-42-40-12-6-8-14-46(40)52(4-2,28-10-30-54)48(42)32-36/h3-8,11-26,31-32,53-54H,1-2,9-10,27-30H2. The van der Waals surface area contributed by atoms with E-state index in [9.17, 15) is 10.2 Å². The number of rotatable bonds is 10. The predicted octanol–water partition coefficient (Wildman–Crippen LogP) is 12.4. The van der Waals surface area contributed by atoms with E-state index in [0.717, 1.165) is 12.8 Å². The summed E-state index contributed by atoms with van der Waals surface area (Å²) in [5.41, 5.74) is 14.2. The zero-order valence-corrected chi connectivity index (χ0v) is 30.4. The first-order chi connectivity index (χ1) is 26.6. The van der Waals surface area contributed by atoms with Crippen molar-refractivity contribution in [1.29, 1.82) is 0 Å². The molecule has 0 saturated heterocycles. The molecule has 2 atom stereocenters. The highest BCUT2D eigenvalue weighted by Crippen LogP contribution is 2.55. The van der Waals surface area contributed by atoms with Crippen LogP contribution in [-0.2, 0) is 10.8 Å². The fourth-order valence-corrected chi connectivity index (χ4v) is 10.3. The van der Waals surface area contributed by atoms with Crippen molar-refractivity contribution < 1.29 is 10.2 Å². The fourth-order valence-electron chi connectivity index (χ4n) is 10.3. The fraction of sp³-hybridized carbons (Fsp3) is 0.154. The van der Waals surface area contributed by atoms with E-state index in [1.807, 2.05) is 0 Å². The van der Waals surface area contributed by atoms with Crippen molar-refractivity contribution in [2.45, 2.75) is 36.5 Å². The number of hydrogen-bond acceptors (Lipinski definition) is 2. The summed E-state index contributed by atoms with van der Waals surface area (Å²) < 4.78 is 0. The van der Waals surface area contributed by atoms with Gasteiger partial charge in [0.15, 0.2) is 0 Å². The molecule has 2 aliphatic rings. The molecule has 0 aliphatic heterocycles. The first kappa shape index (κ1) is 32.8. The first-order valence-corrected chi connectivity index (χ1v) is 19.3. The Bertz CT molecular complexity index is 2610. The Labute approximate surface area is 316 Å². The van der Waals surface area contributed by atoms with Crippen LogP contribution in [0.4, 0.5) is 0 Å². The molecule has 0 amide bonds. The van der Waals surface area contributed by atoms with Crippen LogP contribution in [0, 0.1) is 0 Å². The molecule has 8 aromatic carbocycles. The van der Waals surface area contributed by atoms with Gasteiger partial charge in [-0.3, -0.25) is 0 Å². The molecule has 262 valence electrons. The molecule has 0 bridgehead atoms. The van der Waals surface area contributed by atoms with Crippen LogP contribution in [0.1, 0.15) is 47.9 Å². The lowest BCUT2D eigenvalue weighted by Crippen LogP contribution is -2.22. The van der Waals surface area contributed by atoms with Crippen LogP contribution in [0.5, 0.6) is 0 Å². The van der Waals surface area contributed by atoms with E-state index >= 15 is 0 Å². The lowest BCUT2D eigenvalue weighted by Gasteiger charge is -2.29. The monoisotopic (exact) mass is 698 g/mol. The summed E-state index contributed by atoms with van der Waals surface area (Å²) in [4.78, 5) is 0. The van der Waals surface area contributed by atoms with Gasteiger partial charge in [0, 0.05) is 24.0 Å². The van der Waals surface area contributed by atoms with Crippen molar-refractivity contribution in [3.63, 3.8) is 0 Å². The van der Waals surface area contributed by atoms with Crippen molar-refractivity contribution in [3.8, 4) is 44.5 Å². The number of hydrogen-bond donors (Lipinski definition) is 2. The van der Waals surface area contributed by atoms with Gasteiger partial charge in [0.05, 0.1) is 0 Å². The molecule has 0 fully saturated rings. The van der Waals surface area contributed by atoms with E-state index in [0.29, 0.717) is 12.8 Å². The highest BCUT2D eigenvalue weighted by atomic mass is 16.3.